The van der Waals surface area contributed by atoms with Crippen molar-refractivity contribution in [2.45, 2.75) is 58.5 Å². The van der Waals surface area contributed by atoms with Crippen LogP contribution in [0.25, 0.3) is 0 Å². The summed E-state index contributed by atoms with van der Waals surface area (Å²) in [6, 6.07) is 0. The van der Waals surface area contributed by atoms with Gasteiger partial charge in [-0.3, -0.25) is 4.79 Å². The number of hydrogen-bond acceptors (Lipinski definition) is 2. The molecule has 0 radical (unpaired) electrons. The van der Waals surface area contributed by atoms with Crippen LogP contribution in [0, 0.1) is 0 Å². The van der Waals surface area contributed by atoms with Gasteiger partial charge in [-0.15, -0.1) is 0 Å². The molecule has 0 saturated carbocycles. The minimum Gasteiger partial charge on any atom is -0.463 e. The predicted molar refractivity (Wildman–Crippen MR) is 77.4 cm³/mol. The van der Waals surface area contributed by atoms with E-state index in [0.29, 0.717) is 0 Å². The van der Waals surface area contributed by atoms with Gasteiger partial charge in [0.25, 0.3) is 0 Å². The molecule has 0 spiro atoms. The Kier molecular flexibility index (Phi) is 11.3. The lowest BCUT2D eigenvalue weighted by Gasteiger charge is -2.14. The van der Waals surface area contributed by atoms with Gasteiger partial charge in [-0.25, -0.2) is 0 Å². The van der Waals surface area contributed by atoms with Crippen LogP contribution in [0.3, 0.4) is 0 Å². The second-order valence-corrected chi connectivity index (χ2v) is 4.33. The molecular formula is C16H26O2. The van der Waals surface area contributed by atoms with Crippen LogP contribution >= 0.6 is 0 Å². The highest BCUT2D eigenvalue weighted by Crippen LogP contribution is 2.11. The van der Waals surface area contributed by atoms with Crippen LogP contribution in [0.2, 0.25) is 0 Å². The van der Waals surface area contributed by atoms with Crippen LogP contribution in [0.5, 0.6) is 0 Å². The maximum absolute atomic E-state index is 10.8. The Bertz CT molecular complexity index is 277. The van der Waals surface area contributed by atoms with Crippen LogP contribution in [0.15, 0.2) is 37.0 Å². The summed E-state index contributed by atoms with van der Waals surface area (Å²) in [5.74, 6) is -0.168. The third-order valence-electron chi connectivity index (χ3n) is 2.68. The molecule has 2 nitrogen and oxygen atoms in total. The van der Waals surface area contributed by atoms with Crippen molar-refractivity contribution in [3.63, 3.8) is 0 Å². The van der Waals surface area contributed by atoms with E-state index in [1.54, 1.807) is 6.08 Å². The van der Waals surface area contributed by atoms with Gasteiger partial charge in [0, 0.05) is 6.92 Å². The molecule has 0 saturated heterocycles. The SMILES string of the molecule is C=CC=CC=CCCCCCC(CC)OC(C)=O. The van der Waals surface area contributed by atoms with Gasteiger partial charge in [0.2, 0.25) is 0 Å². The standard InChI is InChI=1S/C16H26O2/c1-4-6-7-8-9-10-11-12-13-14-16(5-2)18-15(3)17/h4,6-9,16H,1,5,10-14H2,2-3H3. The molecular weight excluding hydrogens is 224 g/mol. The maximum Gasteiger partial charge on any atom is 0.302 e. The first-order valence-corrected chi connectivity index (χ1v) is 6.82. The van der Waals surface area contributed by atoms with Crippen molar-refractivity contribution in [2.24, 2.45) is 0 Å². The zero-order valence-corrected chi connectivity index (χ0v) is 11.7. The number of unbranched alkanes of at least 4 members (excludes halogenated alkanes) is 3. The number of esters is 1. The van der Waals surface area contributed by atoms with E-state index in [-0.39, 0.29) is 12.1 Å². The third-order valence-corrected chi connectivity index (χ3v) is 2.68. The molecule has 18 heavy (non-hydrogen) atoms. The van der Waals surface area contributed by atoms with Gasteiger partial charge in [0.1, 0.15) is 6.10 Å². The molecule has 0 N–H and O–H groups in total. The molecule has 102 valence electrons. The van der Waals surface area contributed by atoms with Gasteiger partial charge in [-0.2, -0.15) is 0 Å². The van der Waals surface area contributed by atoms with E-state index < -0.39 is 0 Å². The molecule has 0 aliphatic heterocycles. The number of carbonyl (C=O) groups excluding carboxylic acids is 1. The summed E-state index contributed by atoms with van der Waals surface area (Å²) >= 11 is 0. The summed E-state index contributed by atoms with van der Waals surface area (Å²) < 4.78 is 5.20. The zero-order valence-electron chi connectivity index (χ0n) is 11.7. The Balaban J connectivity index is 3.48. The van der Waals surface area contributed by atoms with Crippen molar-refractivity contribution < 1.29 is 9.53 Å². The quantitative estimate of drug-likeness (QED) is 0.322. The fraction of sp³-hybridized carbons (Fsp3) is 0.562. The first kappa shape index (κ1) is 16.7. The minimum atomic E-state index is -0.168. The molecule has 0 fully saturated rings. The number of ether oxygens (including phenoxy) is 1. The van der Waals surface area contributed by atoms with Crippen molar-refractivity contribution in [1.29, 1.82) is 0 Å². The highest BCUT2D eigenvalue weighted by atomic mass is 16.5. The summed E-state index contributed by atoms with van der Waals surface area (Å²) in [4.78, 5) is 10.8. The normalized spacial score (nSPS) is 13.0. The monoisotopic (exact) mass is 250 g/mol. The van der Waals surface area contributed by atoms with Gasteiger partial charge in [0.05, 0.1) is 0 Å². The fourth-order valence-corrected chi connectivity index (χ4v) is 1.71. The Morgan fingerprint density at radius 2 is 2.00 bits per heavy atom. The molecule has 2 heteroatoms. The molecule has 0 heterocycles. The van der Waals surface area contributed by atoms with Gasteiger partial charge in [-0.1, -0.05) is 50.3 Å². The molecule has 0 aromatic carbocycles. The lowest BCUT2D eigenvalue weighted by Crippen LogP contribution is -2.14. The summed E-state index contributed by atoms with van der Waals surface area (Å²) in [6.45, 7) is 7.14. The molecule has 0 aliphatic carbocycles. The number of allylic oxidation sites excluding steroid dienone is 5. The Morgan fingerprint density at radius 3 is 2.61 bits per heavy atom. The van der Waals surface area contributed by atoms with Crippen molar-refractivity contribution in [1.82, 2.24) is 0 Å². The average Bonchev–Trinajstić information content (AvgIpc) is 2.35. The first-order valence-electron chi connectivity index (χ1n) is 6.82. The summed E-state index contributed by atoms with van der Waals surface area (Å²) in [6.07, 6.45) is 16.5. The first-order chi connectivity index (χ1) is 8.70. The van der Waals surface area contributed by atoms with E-state index in [0.717, 1.165) is 25.7 Å². The molecule has 0 amide bonds. The summed E-state index contributed by atoms with van der Waals surface area (Å²) in [5.41, 5.74) is 0. The molecule has 0 rings (SSSR count). The fourth-order valence-electron chi connectivity index (χ4n) is 1.71. The van der Waals surface area contributed by atoms with E-state index >= 15 is 0 Å². The van der Waals surface area contributed by atoms with E-state index in [1.165, 1.54) is 19.8 Å². The van der Waals surface area contributed by atoms with E-state index in [4.69, 9.17) is 4.74 Å². The van der Waals surface area contributed by atoms with Crippen LogP contribution in [0.1, 0.15) is 52.4 Å². The highest BCUT2D eigenvalue weighted by Gasteiger charge is 2.08. The zero-order chi connectivity index (χ0) is 13.6. The lowest BCUT2D eigenvalue weighted by atomic mass is 10.1. The van der Waals surface area contributed by atoms with Crippen LogP contribution in [-0.2, 0) is 9.53 Å². The molecule has 0 aliphatic rings. The summed E-state index contributed by atoms with van der Waals surface area (Å²) in [5, 5.41) is 0. The van der Waals surface area contributed by atoms with Crippen LogP contribution < -0.4 is 0 Å². The van der Waals surface area contributed by atoms with Crippen LogP contribution in [-0.4, -0.2) is 12.1 Å². The molecule has 0 aromatic heterocycles. The largest absolute Gasteiger partial charge is 0.463 e. The average molecular weight is 250 g/mol. The smallest absolute Gasteiger partial charge is 0.302 e. The van der Waals surface area contributed by atoms with Crippen molar-refractivity contribution in [3.05, 3.63) is 37.0 Å². The predicted octanol–water partition coefficient (Wildman–Crippen LogP) is 4.58. The molecule has 1 atom stereocenters. The van der Waals surface area contributed by atoms with E-state index in [2.05, 4.69) is 25.7 Å². The molecule has 1 unspecified atom stereocenters. The topological polar surface area (TPSA) is 26.3 Å². The Hall–Kier alpha value is -1.31. The Morgan fingerprint density at radius 1 is 1.22 bits per heavy atom. The second-order valence-electron chi connectivity index (χ2n) is 4.33. The second kappa shape index (κ2) is 12.2. The van der Waals surface area contributed by atoms with Gasteiger partial charge >= 0.3 is 5.97 Å². The van der Waals surface area contributed by atoms with Crippen molar-refractivity contribution >= 4 is 5.97 Å². The number of carbonyl (C=O) groups is 1. The maximum atomic E-state index is 10.8. The lowest BCUT2D eigenvalue weighted by molar-refractivity contribution is -0.146. The van der Waals surface area contributed by atoms with Gasteiger partial charge in [-0.05, 0) is 32.1 Å². The van der Waals surface area contributed by atoms with Crippen molar-refractivity contribution in [3.8, 4) is 0 Å². The van der Waals surface area contributed by atoms with E-state index in [1.807, 2.05) is 12.2 Å². The molecule has 0 aromatic rings. The molecule has 0 bridgehead atoms. The van der Waals surface area contributed by atoms with E-state index in [9.17, 15) is 4.79 Å². The highest BCUT2D eigenvalue weighted by molar-refractivity contribution is 5.66. The van der Waals surface area contributed by atoms with Crippen LogP contribution in [0.4, 0.5) is 0 Å². The van der Waals surface area contributed by atoms with Gasteiger partial charge < -0.3 is 4.74 Å². The van der Waals surface area contributed by atoms with Crippen molar-refractivity contribution in [2.75, 3.05) is 0 Å². The number of rotatable bonds is 10. The Labute approximate surface area is 111 Å². The summed E-state index contributed by atoms with van der Waals surface area (Å²) in [7, 11) is 0. The number of hydrogen-bond donors (Lipinski definition) is 0. The van der Waals surface area contributed by atoms with Gasteiger partial charge in [0.15, 0.2) is 0 Å². The minimum absolute atomic E-state index is 0.105. The third kappa shape index (κ3) is 11.2.